The summed E-state index contributed by atoms with van der Waals surface area (Å²) in [6, 6.07) is 8.33. The van der Waals surface area contributed by atoms with Crippen LogP contribution in [0.25, 0.3) is 10.1 Å². The molecule has 2 N–H and O–H groups in total. The maximum Gasteiger partial charge on any atom is 0.0555 e. The molecule has 2 heteroatoms. The predicted octanol–water partition coefficient (Wildman–Crippen LogP) is 2.21. The van der Waals surface area contributed by atoms with E-state index in [0.717, 1.165) is 5.56 Å². The molecule has 2 rings (SSSR count). The molecule has 0 aliphatic carbocycles. The number of thiophene rings is 1. The van der Waals surface area contributed by atoms with Crippen molar-refractivity contribution in [3.05, 3.63) is 35.2 Å². The van der Waals surface area contributed by atoms with Gasteiger partial charge in [0.15, 0.2) is 0 Å². The number of nitrogens with two attached hydrogens (primary N) is 1. The lowest BCUT2D eigenvalue weighted by Gasteiger charge is -1.90. The van der Waals surface area contributed by atoms with Crippen LogP contribution < -0.4 is 5.73 Å². The summed E-state index contributed by atoms with van der Waals surface area (Å²) in [4.78, 5) is 0. The standard InChI is InChI=1S/C11H9NS/c12-6-1-2-9-3-4-10-5-7-13-11(10)8-9/h3-5,7-8H,6,12H2. The number of hydrogen-bond donors (Lipinski definition) is 1. The Bertz CT molecular complexity index is 473. The molecule has 0 fully saturated rings. The molecular weight excluding hydrogens is 178 g/mol. The van der Waals surface area contributed by atoms with Crippen LogP contribution in [0.2, 0.25) is 0 Å². The normalized spacial score (nSPS) is 9.62. The van der Waals surface area contributed by atoms with Gasteiger partial charge >= 0.3 is 0 Å². The van der Waals surface area contributed by atoms with E-state index in [2.05, 4.69) is 35.4 Å². The Labute approximate surface area is 81.2 Å². The maximum atomic E-state index is 5.30. The average Bonchev–Trinajstić information content (AvgIpc) is 2.61. The maximum absolute atomic E-state index is 5.30. The Hall–Kier alpha value is -1.30. The van der Waals surface area contributed by atoms with Crippen LogP contribution in [0.5, 0.6) is 0 Å². The van der Waals surface area contributed by atoms with E-state index in [1.807, 2.05) is 6.07 Å². The molecule has 0 aliphatic heterocycles. The Kier molecular flexibility index (Phi) is 2.31. The van der Waals surface area contributed by atoms with Crippen molar-refractivity contribution >= 4 is 21.4 Å². The molecule has 2 aromatic rings. The van der Waals surface area contributed by atoms with Crippen LogP contribution in [0.15, 0.2) is 29.6 Å². The van der Waals surface area contributed by atoms with Gasteiger partial charge in [0, 0.05) is 10.3 Å². The summed E-state index contributed by atoms with van der Waals surface area (Å²) in [5, 5.41) is 3.37. The minimum atomic E-state index is 0.419. The van der Waals surface area contributed by atoms with Crippen molar-refractivity contribution in [1.29, 1.82) is 0 Å². The molecule has 0 spiro atoms. The topological polar surface area (TPSA) is 26.0 Å². The van der Waals surface area contributed by atoms with Crippen LogP contribution in [0.1, 0.15) is 5.56 Å². The third-order valence-electron chi connectivity index (χ3n) is 1.79. The lowest BCUT2D eigenvalue weighted by Crippen LogP contribution is -1.92. The van der Waals surface area contributed by atoms with Gasteiger partial charge in [-0.05, 0) is 29.0 Å². The van der Waals surface area contributed by atoms with E-state index in [-0.39, 0.29) is 0 Å². The fourth-order valence-corrected chi connectivity index (χ4v) is 2.01. The Morgan fingerprint density at radius 1 is 1.31 bits per heavy atom. The minimum Gasteiger partial charge on any atom is -0.320 e. The van der Waals surface area contributed by atoms with Crippen LogP contribution in [0.3, 0.4) is 0 Å². The van der Waals surface area contributed by atoms with E-state index < -0.39 is 0 Å². The van der Waals surface area contributed by atoms with Crippen molar-refractivity contribution in [3.8, 4) is 11.8 Å². The first-order chi connectivity index (χ1) is 6.40. The van der Waals surface area contributed by atoms with E-state index in [4.69, 9.17) is 5.73 Å². The minimum absolute atomic E-state index is 0.419. The highest BCUT2D eigenvalue weighted by molar-refractivity contribution is 7.17. The molecule has 1 aromatic carbocycles. The monoisotopic (exact) mass is 187 g/mol. The van der Waals surface area contributed by atoms with Gasteiger partial charge in [0.05, 0.1) is 6.54 Å². The molecule has 0 unspecified atom stereocenters. The number of hydrogen-bond acceptors (Lipinski definition) is 2. The average molecular weight is 187 g/mol. The largest absolute Gasteiger partial charge is 0.320 e. The second-order valence-electron chi connectivity index (χ2n) is 2.68. The molecule has 0 bridgehead atoms. The zero-order chi connectivity index (χ0) is 9.10. The van der Waals surface area contributed by atoms with Gasteiger partial charge < -0.3 is 5.73 Å². The molecule has 0 atom stereocenters. The number of rotatable bonds is 0. The fourth-order valence-electron chi connectivity index (χ4n) is 1.19. The summed E-state index contributed by atoms with van der Waals surface area (Å²) in [6.07, 6.45) is 0. The summed E-state index contributed by atoms with van der Waals surface area (Å²) >= 11 is 1.74. The molecule has 1 nitrogen and oxygen atoms in total. The SMILES string of the molecule is NCC#Cc1ccc2ccsc2c1. The number of fused-ring (bicyclic) bond motifs is 1. The molecule has 0 aliphatic rings. The van der Waals surface area contributed by atoms with E-state index in [0.29, 0.717) is 6.54 Å². The molecule has 0 radical (unpaired) electrons. The van der Waals surface area contributed by atoms with Gasteiger partial charge in [-0.15, -0.1) is 11.3 Å². The van der Waals surface area contributed by atoms with Crippen LogP contribution in [-0.4, -0.2) is 6.54 Å². The fraction of sp³-hybridized carbons (Fsp3) is 0.0909. The zero-order valence-electron chi connectivity index (χ0n) is 7.08. The first kappa shape index (κ1) is 8.31. The van der Waals surface area contributed by atoms with Crippen LogP contribution >= 0.6 is 11.3 Å². The number of benzene rings is 1. The highest BCUT2D eigenvalue weighted by atomic mass is 32.1. The van der Waals surface area contributed by atoms with E-state index in [9.17, 15) is 0 Å². The highest BCUT2D eigenvalue weighted by Gasteiger charge is 1.94. The molecule has 13 heavy (non-hydrogen) atoms. The first-order valence-electron chi connectivity index (χ1n) is 4.06. The molecule has 0 saturated carbocycles. The molecule has 1 aromatic heterocycles. The van der Waals surface area contributed by atoms with Gasteiger partial charge in [-0.1, -0.05) is 17.9 Å². The third kappa shape index (κ3) is 1.72. The third-order valence-corrected chi connectivity index (χ3v) is 2.67. The summed E-state index contributed by atoms with van der Waals surface area (Å²) < 4.78 is 1.28. The molecule has 0 amide bonds. The summed E-state index contributed by atoms with van der Waals surface area (Å²) in [6.45, 7) is 0.419. The van der Waals surface area contributed by atoms with Crippen LogP contribution in [-0.2, 0) is 0 Å². The van der Waals surface area contributed by atoms with Gasteiger partial charge in [0.2, 0.25) is 0 Å². The van der Waals surface area contributed by atoms with Gasteiger partial charge in [-0.25, -0.2) is 0 Å². The lowest BCUT2D eigenvalue weighted by molar-refractivity contribution is 1.30. The Morgan fingerprint density at radius 3 is 3.08 bits per heavy atom. The smallest absolute Gasteiger partial charge is 0.0555 e. The van der Waals surface area contributed by atoms with Crippen LogP contribution in [0.4, 0.5) is 0 Å². The van der Waals surface area contributed by atoms with Gasteiger partial charge in [0.1, 0.15) is 0 Å². The Balaban J connectivity index is 2.48. The van der Waals surface area contributed by atoms with Crippen LogP contribution in [0, 0.1) is 11.8 Å². The lowest BCUT2D eigenvalue weighted by atomic mass is 10.2. The molecule has 64 valence electrons. The van der Waals surface area contributed by atoms with Crippen molar-refractivity contribution in [3.63, 3.8) is 0 Å². The molecule has 0 saturated heterocycles. The molecular formula is C11H9NS. The second kappa shape index (κ2) is 3.61. The van der Waals surface area contributed by atoms with Crippen molar-refractivity contribution in [2.24, 2.45) is 5.73 Å². The van der Waals surface area contributed by atoms with Crippen molar-refractivity contribution < 1.29 is 0 Å². The highest BCUT2D eigenvalue weighted by Crippen LogP contribution is 2.21. The van der Waals surface area contributed by atoms with E-state index in [1.165, 1.54) is 10.1 Å². The zero-order valence-corrected chi connectivity index (χ0v) is 7.90. The summed E-state index contributed by atoms with van der Waals surface area (Å²) in [5.74, 6) is 5.86. The second-order valence-corrected chi connectivity index (χ2v) is 3.63. The van der Waals surface area contributed by atoms with Crippen molar-refractivity contribution in [2.75, 3.05) is 6.54 Å². The predicted molar refractivity (Wildman–Crippen MR) is 57.8 cm³/mol. The summed E-state index contributed by atoms with van der Waals surface area (Å²) in [5.41, 5.74) is 6.34. The Morgan fingerprint density at radius 2 is 2.23 bits per heavy atom. The van der Waals surface area contributed by atoms with Gasteiger partial charge in [0.25, 0.3) is 0 Å². The quantitative estimate of drug-likeness (QED) is 0.629. The molecule has 1 heterocycles. The van der Waals surface area contributed by atoms with Crippen molar-refractivity contribution in [2.45, 2.75) is 0 Å². The van der Waals surface area contributed by atoms with Crippen molar-refractivity contribution in [1.82, 2.24) is 0 Å². The summed E-state index contributed by atoms with van der Waals surface area (Å²) in [7, 11) is 0. The van der Waals surface area contributed by atoms with E-state index >= 15 is 0 Å². The first-order valence-corrected chi connectivity index (χ1v) is 4.94. The van der Waals surface area contributed by atoms with Gasteiger partial charge in [-0.2, -0.15) is 0 Å². The van der Waals surface area contributed by atoms with Gasteiger partial charge in [-0.3, -0.25) is 0 Å². The van der Waals surface area contributed by atoms with E-state index in [1.54, 1.807) is 11.3 Å².